The summed E-state index contributed by atoms with van der Waals surface area (Å²) in [6.07, 6.45) is 0.789. The Labute approximate surface area is 210 Å². The normalized spacial score (nSPS) is 14.2. The summed E-state index contributed by atoms with van der Waals surface area (Å²) < 4.78 is 1.92. The van der Waals surface area contributed by atoms with Crippen LogP contribution in [0.5, 0.6) is 0 Å². The van der Waals surface area contributed by atoms with Crippen LogP contribution in [0.4, 0.5) is 5.82 Å². The highest BCUT2D eigenvalue weighted by molar-refractivity contribution is 6.30. The van der Waals surface area contributed by atoms with Crippen LogP contribution in [-0.2, 0) is 6.42 Å². The summed E-state index contributed by atoms with van der Waals surface area (Å²) in [5, 5.41) is 6.44. The molecule has 5 rings (SSSR count). The van der Waals surface area contributed by atoms with Crippen molar-refractivity contribution in [1.82, 2.24) is 24.6 Å². The summed E-state index contributed by atoms with van der Waals surface area (Å²) in [6, 6.07) is 17.2. The number of para-hydroxylation sites is 1. The Morgan fingerprint density at radius 2 is 1.66 bits per heavy atom. The number of piperazine rings is 1. The molecule has 0 saturated carbocycles. The molecule has 35 heavy (non-hydrogen) atoms. The maximum atomic E-state index is 13.0. The lowest BCUT2D eigenvalue weighted by atomic mass is 10.1. The fourth-order valence-corrected chi connectivity index (χ4v) is 4.66. The maximum Gasteiger partial charge on any atom is 0.253 e. The average Bonchev–Trinajstić information content (AvgIpc) is 3.20. The second kappa shape index (κ2) is 9.66. The van der Waals surface area contributed by atoms with Crippen molar-refractivity contribution in [1.29, 1.82) is 0 Å². The van der Waals surface area contributed by atoms with Crippen molar-refractivity contribution in [2.45, 2.75) is 27.2 Å². The van der Waals surface area contributed by atoms with Gasteiger partial charge in [0.2, 0.25) is 0 Å². The van der Waals surface area contributed by atoms with Crippen molar-refractivity contribution in [3.05, 3.63) is 76.7 Å². The number of benzene rings is 2. The van der Waals surface area contributed by atoms with Gasteiger partial charge in [0, 0.05) is 43.2 Å². The van der Waals surface area contributed by atoms with Gasteiger partial charge in [0.1, 0.15) is 11.6 Å². The molecule has 0 N–H and O–H groups in total. The Balaban J connectivity index is 1.47. The smallest absolute Gasteiger partial charge is 0.253 e. The number of hydrogen-bond donors (Lipinski definition) is 0. The first kappa shape index (κ1) is 23.3. The van der Waals surface area contributed by atoms with Gasteiger partial charge in [-0.1, -0.05) is 43.6 Å². The summed E-state index contributed by atoms with van der Waals surface area (Å²) in [5.41, 5.74) is 3.36. The van der Waals surface area contributed by atoms with E-state index in [4.69, 9.17) is 26.7 Å². The molecule has 3 heterocycles. The molecule has 1 fully saturated rings. The first-order valence-corrected chi connectivity index (χ1v) is 12.4. The van der Waals surface area contributed by atoms with Crippen LogP contribution in [-0.4, -0.2) is 56.7 Å². The molecule has 8 heteroatoms. The molecule has 4 aromatic rings. The minimum Gasteiger partial charge on any atom is -0.352 e. The van der Waals surface area contributed by atoms with Gasteiger partial charge in [-0.25, -0.2) is 14.6 Å². The molecular weight excluding hydrogens is 460 g/mol. The molecule has 180 valence electrons. The first-order valence-electron chi connectivity index (χ1n) is 12.0. The van der Waals surface area contributed by atoms with Crippen LogP contribution in [0.1, 0.15) is 35.7 Å². The van der Waals surface area contributed by atoms with E-state index in [0.717, 1.165) is 40.5 Å². The molecule has 2 aromatic carbocycles. The van der Waals surface area contributed by atoms with Crippen molar-refractivity contribution in [2.24, 2.45) is 5.92 Å². The minimum atomic E-state index is 0.0303. The van der Waals surface area contributed by atoms with E-state index in [2.05, 4.69) is 18.7 Å². The van der Waals surface area contributed by atoms with Crippen molar-refractivity contribution in [2.75, 3.05) is 31.1 Å². The van der Waals surface area contributed by atoms with Crippen molar-refractivity contribution in [3.63, 3.8) is 0 Å². The molecule has 1 aliphatic heterocycles. The van der Waals surface area contributed by atoms with E-state index in [1.54, 1.807) is 24.3 Å². The zero-order valence-electron chi connectivity index (χ0n) is 20.3. The van der Waals surface area contributed by atoms with Crippen LogP contribution in [0, 0.1) is 12.8 Å². The van der Waals surface area contributed by atoms with E-state index in [-0.39, 0.29) is 5.91 Å². The molecule has 0 radical (unpaired) electrons. The Kier molecular flexibility index (Phi) is 6.43. The molecule has 0 bridgehead atoms. The number of carbonyl (C=O) groups excluding carboxylic acids is 1. The molecular formula is C27H29ClN6O. The van der Waals surface area contributed by atoms with Crippen molar-refractivity contribution in [3.8, 4) is 5.69 Å². The summed E-state index contributed by atoms with van der Waals surface area (Å²) in [5.74, 6) is 2.19. The van der Waals surface area contributed by atoms with Crippen LogP contribution < -0.4 is 4.90 Å². The van der Waals surface area contributed by atoms with Crippen molar-refractivity contribution >= 4 is 34.4 Å². The second-order valence-electron chi connectivity index (χ2n) is 9.38. The quantitative estimate of drug-likeness (QED) is 0.398. The number of amides is 1. The Morgan fingerprint density at radius 3 is 2.31 bits per heavy atom. The standard InChI is InChI=1S/C27H29ClN6O/c1-18(2)17-23-29-25(24-19(3)31-34(26(24)30-23)22-7-5-4-6-8-22)32-13-15-33(16-14-32)27(35)20-9-11-21(28)12-10-20/h4-12,18H,13-17H2,1-3H3. The van der Waals surface area contributed by atoms with Crippen LogP contribution >= 0.6 is 11.6 Å². The van der Waals surface area contributed by atoms with Gasteiger partial charge in [-0.3, -0.25) is 4.79 Å². The third kappa shape index (κ3) is 4.73. The van der Waals surface area contributed by atoms with Crippen LogP contribution in [0.3, 0.4) is 0 Å². The fraction of sp³-hybridized carbons (Fsp3) is 0.333. The Bertz CT molecular complexity index is 1340. The van der Waals surface area contributed by atoms with Crippen molar-refractivity contribution < 1.29 is 4.79 Å². The van der Waals surface area contributed by atoms with Crippen LogP contribution in [0.2, 0.25) is 5.02 Å². The molecule has 2 aromatic heterocycles. The summed E-state index contributed by atoms with van der Waals surface area (Å²) in [6.45, 7) is 9.00. The second-order valence-corrected chi connectivity index (χ2v) is 9.82. The Hall–Kier alpha value is -3.45. The third-order valence-electron chi connectivity index (χ3n) is 6.28. The highest BCUT2D eigenvalue weighted by atomic mass is 35.5. The Morgan fingerprint density at radius 1 is 0.971 bits per heavy atom. The van der Waals surface area contributed by atoms with Gasteiger partial charge in [0.25, 0.3) is 5.91 Å². The summed E-state index contributed by atoms with van der Waals surface area (Å²) >= 11 is 5.98. The van der Waals surface area contributed by atoms with Gasteiger partial charge >= 0.3 is 0 Å². The van der Waals surface area contributed by atoms with Crippen LogP contribution in [0.25, 0.3) is 16.7 Å². The fourth-order valence-electron chi connectivity index (χ4n) is 4.54. The van der Waals surface area contributed by atoms with E-state index < -0.39 is 0 Å². The van der Waals surface area contributed by atoms with Crippen LogP contribution in [0.15, 0.2) is 54.6 Å². The topological polar surface area (TPSA) is 67.2 Å². The lowest BCUT2D eigenvalue weighted by molar-refractivity contribution is 0.0746. The van der Waals surface area contributed by atoms with E-state index in [0.29, 0.717) is 42.7 Å². The number of rotatable bonds is 5. The summed E-state index contributed by atoms with van der Waals surface area (Å²) in [7, 11) is 0. The third-order valence-corrected chi connectivity index (χ3v) is 6.53. The molecule has 0 spiro atoms. The number of nitrogens with zero attached hydrogens (tertiary/aromatic N) is 6. The van der Waals surface area contributed by atoms with Gasteiger partial charge < -0.3 is 9.80 Å². The van der Waals surface area contributed by atoms with E-state index in [1.807, 2.05) is 46.8 Å². The number of aryl methyl sites for hydroxylation is 1. The minimum absolute atomic E-state index is 0.0303. The number of fused-ring (bicyclic) bond motifs is 1. The molecule has 1 aliphatic rings. The summed E-state index contributed by atoms with van der Waals surface area (Å²) in [4.78, 5) is 27.1. The predicted molar refractivity (Wildman–Crippen MR) is 140 cm³/mol. The van der Waals surface area contributed by atoms with E-state index in [1.165, 1.54) is 0 Å². The number of carbonyl (C=O) groups is 1. The zero-order valence-corrected chi connectivity index (χ0v) is 21.0. The highest BCUT2D eigenvalue weighted by Crippen LogP contribution is 2.30. The van der Waals surface area contributed by atoms with Gasteiger partial charge in [0.05, 0.1) is 16.8 Å². The monoisotopic (exact) mass is 488 g/mol. The van der Waals surface area contributed by atoms with Gasteiger partial charge in [-0.15, -0.1) is 0 Å². The van der Waals surface area contributed by atoms with Gasteiger partial charge in [-0.2, -0.15) is 5.10 Å². The molecule has 1 saturated heterocycles. The lowest BCUT2D eigenvalue weighted by Gasteiger charge is -2.36. The average molecular weight is 489 g/mol. The highest BCUT2D eigenvalue weighted by Gasteiger charge is 2.27. The number of anilines is 1. The molecule has 7 nitrogen and oxygen atoms in total. The lowest BCUT2D eigenvalue weighted by Crippen LogP contribution is -2.49. The van der Waals surface area contributed by atoms with Gasteiger partial charge in [-0.05, 0) is 49.2 Å². The van der Waals surface area contributed by atoms with E-state index >= 15 is 0 Å². The number of aromatic nitrogens is 4. The number of hydrogen-bond acceptors (Lipinski definition) is 5. The largest absolute Gasteiger partial charge is 0.352 e. The SMILES string of the molecule is Cc1nn(-c2ccccc2)c2nc(CC(C)C)nc(N3CCN(C(=O)c4ccc(Cl)cc4)CC3)c12. The molecule has 0 atom stereocenters. The molecule has 1 amide bonds. The van der Waals surface area contributed by atoms with Gasteiger partial charge in [0.15, 0.2) is 5.65 Å². The molecule has 0 aliphatic carbocycles. The maximum absolute atomic E-state index is 13.0. The first-order chi connectivity index (χ1) is 16.9. The molecule has 0 unspecified atom stereocenters. The predicted octanol–water partition coefficient (Wildman–Crippen LogP) is 4.94. The number of halogens is 1. The van der Waals surface area contributed by atoms with E-state index in [9.17, 15) is 4.79 Å². The zero-order chi connectivity index (χ0) is 24.5.